The molecule has 12 rings (SSSR count). The first-order valence-electron chi connectivity index (χ1n) is 22.4. The van der Waals surface area contributed by atoms with E-state index in [1.54, 1.807) is 0 Å². The summed E-state index contributed by atoms with van der Waals surface area (Å²) in [5.41, 5.74) is 17.9. The van der Waals surface area contributed by atoms with Gasteiger partial charge in [-0.15, -0.1) is 0 Å². The zero-order valence-corrected chi connectivity index (χ0v) is 36.3. The molecule has 0 atom stereocenters. The fraction of sp³-hybridized carbons (Fsp3) is 0. The number of pyridine rings is 3. The van der Waals surface area contributed by atoms with Crippen LogP contribution in [0.15, 0.2) is 243 Å². The molecule has 314 valence electrons. The number of benzene rings is 7. The van der Waals surface area contributed by atoms with E-state index in [-0.39, 0.29) is 0 Å². The highest BCUT2D eigenvalue weighted by Gasteiger charge is 2.16. The number of aromatic nitrogens is 6. The van der Waals surface area contributed by atoms with Crippen molar-refractivity contribution >= 4 is 21.8 Å². The predicted octanol–water partition coefficient (Wildman–Crippen LogP) is 15.1. The molecule has 6 heteroatoms. The van der Waals surface area contributed by atoms with E-state index in [0.717, 1.165) is 89.9 Å². The zero-order valence-electron chi connectivity index (χ0n) is 36.3. The first-order valence-corrected chi connectivity index (χ1v) is 22.4. The van der Waals surface area contributed by atoms with E-state index in [1.165, 1.54) is 21.8 Å². The molecule has 0 aliphatic rings. The second-order valence-electron chi connectivity index (χ2n) is 16.5. The Morgan fingerprint density at radius 1 is 0.269 bits per heavy atom. The van der Waals surface area contributed by atoms with Crippen molar-refractivity contribution in [3.8, 4) is 95.7 Å². The molecule has 0 saturated heterocycles. The van der Waals surface area contributed by atoms with Crippen molar-refractivity contribution < 1.29 is 0 Å². The third-order valence-electron chi connectivity index (χ3n) is 12.4. The minimum atomic E-state index is 0.704. The van der Waals surface area contributed by atoms with Crippen LogP contribution in [0.1, 0.15) is 0 Å². The minimum Gasteiger partial charge on any atom is -0.309 e. The number of hydrogen-bond donors (Lipinski definition) is 0. The first-order chi connectivity index (χ1) is 33.2. The maximum absolute atomic E-state index is 5.13. The van der Waals surface area contributed by atoms with E-state index in [0.29, 0.717) is 5.82 Å². The van der Waals surface area contributed by atoms with Crippen LogP contribution >= 0.6 is 0 Å². The largest absolute Gasteiger partial charge is 0.309 e. The van der Waals surface area contributed by atoms with Crippen LogP contribution in [0.25, 0.3) is 118 Å². The normalized spacial score (nSPS) is 11.3. The number of fused-ring (bicyclic) bond motifs is 3. The van der Waals surface area contributed by atoms with Gasteiger partial charge in [-0.3, -0.25) is 9.97 Å². The van der Waals surface area contributed by atoms with Crippen molar-refractivity contribution in [2.24, 2.45) is 0 Å². The SMILES string of the molecule is c1ccc(-c2cc(-c3ccc(-c4ccc(-c5ccc(-c6cc(-c7cccc(-n8c9ccccc9c9ccccc98)c7)cc(-c7ccccn7)n6)nc5)cc4)cc3)nc(-c3ccccc3)n2)cc1. The average molecular weight is 857 g/mol. The quantitative estimate of drug-likeness (QED) is 0.145. The van der Waals surface area contributed by atoms with Gasteiger partial charge >= 0.3 is 0 Å². The lowest BCUT2D eigenvalue weighted by molar-refractivity contribution is 1.18. The van der Waals surface area contributed by atoms with E-state index < -0.39 is 0 Å². The summed E-state index contributed by atoms with van der Waals surface area (Å²) >= 11 is 0. The summed E-state index contributed by atoms with van der Waals surface area (Å²) in [7, 11) is 0. The van der Waals surface area contributed by atoms with Crippen LogP contribution < -0.4 is 0 Å². The molecular formula is C61H40N6. The molecule has 0 spiro atoms. The van der Waals surface area contributed by atoms with Crippen molar-refractivity contribution in [2.75, 3.05) is 0 Å². The van der Waals surface area contributed by atoms with E-state index in [2.05, 4.69) is 185 Å². The molecule has 0 aliphatic heterocycles. The molecule has 6 nitrogen and oxygen atoms in total. The highest BCUT2D eigenvalue weighted by molar-refractivity contribution is 6.09. The smallest absolute Gasteiger partial charge is 0.160 e. The third kappa shape index (κ3) is 7.73. The Balaban J connectivity index is 0.829. The number of nitrogens with zero attached hydrogens (tertiary/aromatic N) is 6. The van der Waals surface area contributed by atoms with Gasteiger partial charge in [0.1, 0.15) is 0 Å². The zero-order chi connectivity index (χ0) is 44.5. The van der Waals surface area contributed by atoms with Gasteiger partial charge in [-0.2, -0.15) is 0 Å². The molecule has 5 aromatic heterocycles. The molecule has 0 amide bonds. The Morgan fingerprint density at radius 2 is 0.776 bits per heavy atom. The molecule has 67 heavy (non-hydrogen) atoms. The molecule has 12 aromatic rings. The first kappa shape index (κ1) is 39.5. The lowest BCUT2D eigenvalue weighted by Gasteiger charge is -2.13. The topological polar surface area (TPSA) is 69.4 Å². The third-order valence-corrected chi connectivity index (χ3v) is 12.4. The molecule has 0 fully saturated rings. The van der Waals surface area contributed by atoms with Crippen LogP contribution in [-0.2, 0) is 0 Å². The molecule has 0 saturated carbocycles. The lowest BCUT2D eigenvalue weighted by atomic mass is 9.99. The van der Waals surface area contributed by atoms with Crippen LogP contribution in [0.4, 0.5) is 0 Å². The summed E-state index contributed by atoms with van der Waals surface area (Å²) in [6.45, 7) is 0. The van der Waals surface area contributed by atoms with Crippen molar-refractivity contribution in [1.82, 2.24) is 29.5 Å². The molecule has 5 heterocycles. The molecular weight excluding hydrogens is 817 g/mol. The van der Waals surface area contributed by atoms with E-state index >= 15 is 0 Å². The molecule has 0 unspecified atom stereocenters. The Labute approximate surface area is 388 Å². The van der Waals surface area contributed by atoms with Gasteiger partial charge in [0.2, 0.25) is 0 Å². The highest BCUT2D eigenvalue weighted by Crippen LogP contribution is 2.36. The number of rotatable bonds is 9. The van der Waals surface area contributed by atoms with E-state index in [4.69, 9.17) is 19.9 Å². The van der Waals surface area contributed by atoms with Crippen molar-refractivity contribution in [3.63, 3.8) is 0 Å². The van der Waals surface area contributed by atoms with Gasteiger partial charge in [-0.05, 0) is 88.5 Å². The summed E-state index contributed by atoms with van der Waals surface area (Å²) in [5, 5.41) is 2.47. The van der Waals surface area contributed by atoms with Crippen LogP contribution in [0.2, 0.25) is 0 Å². The maximum Gasteiger partial charge on any atom is 0.160 e. The van der Waals surface area contributed by atoms with Crippen LogP contribution in [0.3, 0.4) is 0 Å². The van der Waals surface area contributed by atoms with Gasteiger partial charge in [0.15, 0.2) is 5.82 Å². The van der Waals surface area contributed by atoms with Gasteiger partial charge in [0.05, 0.1) is 45.2 Å². The van der Waals surface area contributed by atoms with E-state index in [9.17, 15) is 0 Å². The molecule has 0 N–H and O–H groups in total. The summed E-state index contributed by atoms with van der Waals surface area (Å²) in [6.07, 6.45) is 3.74. The highest BCUT2D eigenvalue weighted by atomic mass is 15.0. The number of hydrogen-bond acceptors (Lipinski definition) is 5. The van der Waals surface area contributed by atoms with Crippen LogP contribution in [-0.4, -0.2) is 29.5 Å². The monoisotopic (exact) mass is 856 g/mol. The Morgan fingerprint density at radius 3 is 1.37 bits per heavy atom. The average Bonchev–Trinajstić information content (AvgIpc) is 3.76. The minimum absolute atomic E-state index is 0.704. The summed E-state index contributed by atoms with van der Waals surface area (Å²) in [6, 6.07) is 80.1. The van der Waals surface area contributed by atoms with Crippen molar-refractivity contribution in [3.05, 3.63) is 243 Å². The number of para-hydroxylation sites is 2. The summed E-state index contributed by atoms with van der Waals surface area (Å²) in [5.74, 6) is 0.704. The lowest BCUT2D eigenvalue weighted by Crippen LogP contribution is -1.96. The Hall–Kier alpha value is -9.13. The van der Waals surface area contributed by atoms with Gasteiger partial charge in [0.25, 0.3) is 0 Å². The predicted molar refractivity (Wildman–Crippen MR) is 273 cm³/mol. The van der Waals surface area contributed by atoms with E-state index in [1.807, 2.05) is 67.0 Å². The maximum atomic E-state index is 5.13. The van der Waals surface area contributed by atoms with Crippen molar-refractivity contribution in [2.45, 2.75) is 0 Å². The molecule has 0 bridgehead atoms. The summed E-state index contributed by atoms with van der Waals surface area (Å²) < 4.78 is 2.35. The fourth-order valence-electron chi connectivity index (χ4n) is 8.97. The fourth-order valence-corrected chi connectivity index (χ4v) is 8.97. The van der Waals surface area contributed by atoms with Crippen LogP contribution in [0, 0.1) is 0 Å². The van der Waals surface area contributed by atoms with Gasteiger partial charge in [0, 0.05) is 51.1 Å². The molecule has 7 aromatic carbocycles. The van der Waals surface area contributed by atoms with Gasteiger partial charge < -0.3 is 4.57 Å². The van der Waals surface area contributed by atoms with Crippen LogP contribution in [0.5, 0.6) is 0 Å². The molecule has 0 aliphatic carbocycles. The van der Waals surface area contributed by atoms with Crippen molar-refractivity contribution in [1.29, 1.82) is 0 Å². The Bertz CT molecular complexity index is 3590. The second-order valence-corrected chi connectivity index (χ2v) is 16.5. The van der Waals surface area contributed by atoms with Gasteiger partial charge in [-0.25, -0.2) is 15.0 Å². The molecule has 0 radical (unpaired) electrons. The summed E-state index contributed by atoms with van der Waals surface area (Å²) in [4.78, 5) is 24.8. The standard InChI is InChI=1S/C61H40N6/c1-3-14-44(15-4-1)55-39-56(66-61(65-55)46-16-5-2-6-17-46)45-31-29-42(30-32-45)41-25-27-43(28-26-41)48-33-34-54(63-40-48)58-38-49(37-57(64-58)53-22-11-12-35-62-53)47-18-13-19-50(36-47)67-59-23-9-7-20-51(59)52-21-8-10-24-60(52)67/h1-40H. The second kappa shape index (κ2) is 17.1. The Kier molecular flexibility index (Phi) is 10.1. The van der Waals surface area contributed by atoms with Gasteiger partial charge in [-0.1, -0.05) is 170 Å².